The van der Waals surface area contributed by atoms with Crippen molar-refractivity contribution in [3.8, 4) is 17.5 Å². The molecule has 0 aliphatic carbocycles. The van der Waals surface area contributed by atoms with E-state index in [0.717, 1.165) is 5.56 Å². The molecule has 0 aliphatic heterocycles. The number of methoxy groups -OCH3 is 2. The molecule has 0 fully saturated rings. The van der Waals surface area contributed by atoms with Gasteiger partial charge in [-0.2, -0.15) is 9.97 Å². The Morgan fingerprint density at radius 2 is 1.80 bits per heavy atom. The van der Waals surface area contributed by atoms with E-state index in [1.165, 1.54) is 14.2 Å². The van der Waals surface area contributed by atoms with Gasteiger partial charge in [-0.1, -0.05) is 6.07 Å². The summed E-state index contributed by atoms with van der Waals surface area (Å²) in [6.45, 7) is 0.435. The molecule has 4 N–H and O–H groups in total. The summed E-state index contributed by atoms with van der Waals surface area (Å²) in [6.07, 6.45) is 0. The predicted molar refractivity (Wildman–Crippen MR) is 75.0 cm³/mol. The van der Waals surface area contributed by atoms with E-state index in [-0.39, 0.29) is 5.75 Å². The van der Waals surface area contributed by atoms with Crippen LogP contribution in [0, 0.1) is 0 Å². The van der Waals surface area contributed by atoms with Crippen molar-refractivity contribution in [3.63, 3.8) is 0 Å². The molecule has 0 spiro atoms. The zero-order valence-corrected chi connectivity index (χ0v) is 11.3. The SMILES string of the molecule is COc1cc(OC)nc(NCc2ccc(N)c(O)c2)n1. The van der Waals surface area contributed by atoms with Crippen molar-refractivity contribution < 1.29 is 14.6 Å². The summed E-state index contributed by atoms with van der Waals surface area (Å²) in [5, 5.41) is 12.6. The molecule has 2 rings (SSSR count). The smallest absolute Gasteiger partial charge is 0.229 e. The molecular formula is C13H16N4O3. The fourth-order valence-electron chi connectivity index (χ4n) is 1.57. The molecule has 0 amide bonds. The van der Waals surface area contributed by atoms with Gasteiger partial charge in [-0.25, -0.2) is 0 Å². The van der Waals surface area contributed by atoms with Crippen LogP contribution < -0.4 is 20.5 Å². The Balaban J connectivity index is 2.11. The third kappa shape index (κ3) is 3.19. The van der Waals surface area contributed by atoms with Crippen molar-refractivity contribution in [2.45, 2.75) is 6.54 Å². The summed E-state index contributed by atoms with van der Waals surface area (Å²) in [7, 11) is 3.03. The van der Waals surface area contributed by atoms with Gasteiger partial charge in [0.2, 0.25) is 17.7 Å². The van der Waals surface area contributed by atoms with Gasteiger partial charge in [0.25, 0.3) is 0 Å². The number of phenolic OH excluding ortho intramolecular Hbond substituents is 1. The second-order valence-corrected chi connectivity index (χ2v) is 4.02. The van der Waals surface area contributed by atoms with E-state index in [1.54, 1.807) is 24.3 Å². The van der Waals surface area contributed by atoms with E-state index in [9.17, 15) is 5.11 Å². The first-order chi connectivity index (χ1) is 9.62. The number of hydrogen-bond acceptors (Lipinski definition) is 7. The lowest BCUT2D eigenvalue weighted by atomic mass is 10.2. The van der Waals surface area contributed by atoms with Crippen LogP contribution in [0.3, 0.4) is 0 Å². The van der Waals surface area contributed by atoms with Gasteiger partial charge in [-0.05, 0) is 17.7 Å². The second-order valence-electron chi connectivity index (χ2n) is 4.02. The molecule has 0 radical (unpaired) electrons. The van der Waals surface area contributed by atoms with Gasteiger partial charge in [-0.3, -0.25) is 0 Å². The highest BCUT2D eigenvalue weighted by molar-refractivity contribution is 5.53. The number of anilines is 2. The Bertz CT molecular complexity index is 582. The average Bonchev–Trinajstić information content (AvgIpc) is 2.48. The fraction of sp³-hybridized carbons (Fsp3) is 0.231. The van der Waals surface area contributed by atoms with E-state index < -0.39 is 0 Å². The van der Waals surface area contributed by atoms with Gasteiger partial charge >= 0.3 is 0 Å². The predicted octanol–water partition coefficient (Wildman–Crippen LogP) is 1.39. The molecule has 106 valence electrons. The molecule has 1 heterocycles. The number of rotatable bonds is 5. The van der Waals surface area contributed by atoms with Crippen LogP contribution >= 0.6 is 0 Å². The molecule has 20 heavy (non-hydrogen) atoms. The van der Waals surface area contributed by atoms with Crippen molar-refractivity contribution in [1.29, 1.82) is 0 Å². The summed E-state index contributed by atoms with van der Waals surface area (Å²) in [5.74, 6) is 1.23. The number of nitrogen functional groups attached to an aromatic ring is 1. The van der Waals surface area contributed by atoms with Crippen LogP contribution in [-0.2, 0) is 6.54 Å². The molecule has 7 heteroatoms. The van der Waals surface area contributed by atoms with Crippen molar-refractivity contribution >= 4 is 11.6 Å². The first kappa shape index (κ1) is 13.7. The molecular weight excluding hydrogens is 260 g/mol. The number of nitrogens with one attached hydrogen (secondary N) is 1. The van der Waals surface area contributed by atoms with Gasteiger partial charge < -0.3 is 25.6 Å². The Labute approximate surface area is 116 Å². The molecule has 0 saturated carbocycles. The minimum absolute atomic E-state index is 0.0495. The first-order valence-electron chi connectivity index (χ1n) is 5.90. The lowest BCUT2D eigenvalue weighted by Crippen LogP contribution is -2.05. The zero-order valence-electron chi connectivity index (χ0n) is 11.3. The lowest BCUT2D eigenvalue weighted by Gasteiger charge is -2.09. The minimum Gasteiger partial charge on any atom is -0.506 e. The number of benzene rings is 1. The lowest BCUT2D eigenvalue weighted by molar-refractivity contribution is 0.373. The molecule has 0 unspecified atom stereocenters. The van der Waals surface area contributed by atoms with Gasteiger partial charge in [0.1, 0.15) is 5.75 Å². The highest BCUT2D eigenvalue weighted by Gasteiger charge is 2.05. The molecule has 0 bridgehead atoms. The number of nitrogens with two attached hydrogens (primary N) is 1. The van der Waals surface area contributed by atoms with Crippen LogP contribution in [0.2, 0.25) is 0 Å². The highest BCUT2D eigenvalue weighted by atomic mass is 16.5. The maximum atomic E-state index is 9.54. The largest absolute Gasteiger partial charge is 0.506 e. The molecule has 1 aromatic heterocycles. The topological polar surface area (TPSA) is 103 Å². The number of ether oxygens (including phenoxy) is 2. The van der Waals surface area contributed by atoms with E-state index in [0.29, 0.717) is 29.9 Å². The van der Waals surface area contributed by atoms with Gasteiger partial charge in [-0.15, -0.1) is 0 Å². The Kier molecular flexibility index (Phi) is 4.09. The number of aromatic hydroxyl groups is 1. The normalized spacial score (nSPS) is 10.1. The van der Waals surface area contributed by atoms with E-state index in [1.807, 2.05) is 0 Å². The number of aromatic nitrogens is 2. The maximum absolute atomic E-state index is 9.54. The second kappa shape index (κ2) is 5.96. The molecule has 7 nitrogen and oxygen atoms in total. The van der Waals surface area contributed by atoms with Crippen LogP contribution in [-0.4, -0.2) is 29.3 Å². The quantitative estimate of drug-likeness (QED) is 0.560. The van der Waals surface area contributed by atoms with Gasteiger partial charge in [0.15, 0.2) is 0 Å². The fourth-order valence-corrected chi connectivity index (χ4v) is 1.57. The molecule has 0 saturated heterocycles. The van der Waals surface area contributed by atoms with Crippen molar-refractivity contribution in [2.24, 2.45) is 0 Å². The van der Waals surface area contributed by atoms with Gasteiger partial charge in [0.05, 0.1) is 26.0 Å². The molecule has 0 atom stereocenters. The standard InChI is InChI=1S/C13H16N4O3/c1-19-11-6-12(20-2)17-13(16-11)15-7-8-3-4-9(14)10(18)5-8/h3-6,18H,7,14H2,1-2H3,(H,15,16,17). The van der Waals surface area contributed by atoms with Crippen LogP contribution in [0.15, 0.2) is 24.3 Å². The van der Waals surface area contributed by atoms with Crippen molar-refractivity contribution in [1.82, 2.24) is 9.97 Å². The summed E-state index contributed by atoms with van der Waals surface area (Å²) < 4.78 is 10.1. The Morgan fingerprint density at radius 3 is 2.35 bits per heavy atom. The minimum atomic E-state index is 0.0495. The van der Waals surface area contributed by atoms with Crippen molar-refractivity contribution in [2.75, 3.05) is 25.3 Å². The average molecular weight is 276 g/mol. The van der Waals surface area contributed by atoms with Crippen LogP contribution in [0.5, 0.6) is 17.5 Å². The molecule has 2 aromatic rings. The van der Waals surface area contributed by atoms with Crippen LogP contribution in [0.4, 0.5) is 11.6 Å². The Morgan fingerprint density at radius 1 is 1.15 bits per heavy atom. The molecule has 1 aromatic carbocycles. The third-order valence-electron chi connectivity index (χ3n) is 2.64. The van der Waals surface area contributed by atoms with Gasteiger partial charge in [0, 0.05) is 6.54 Å². The Hall–Kier alpha value is -2.70. The first-order valence-corrected chi connectivity index (χ1v) is 5.90. The summed E-state index contributed by atoms with van der Waals surface area (Å²) in [6, 6.07) is 6.61. The monoisotopic (exact) mass is 276 g/mol. The highest BCUT2D eigenvalue weighted by Crippen LogP contribution is 2.22. The third-order valence-corrected chi connectivity index (χ3v) is 2.64. The summed E-state index contributed by atoms with van der Waals surface area (Å²) >= 11 is 0. The van der Waals surface area contributed by atoms with E-state index in [4.69, 9.17) is 15.2 Å². The van der Waals surface area contributed by atoms with Crippen LogP contribution in [0.25, 0.3) is 0 Å². The van der Waals surface area contributed by atoms with Crippen molar-refractivity contribution in [3.05, 3.63) is 29.8 Å². The number of nitrogens with zero attached hydrogens (tertiary/aromatic N) is 2. The number of hydrogen-bond donors (Lipinski definition) is 3. The number of phenols is 1. The van der Waals surface area contributed by atoms with Crippen LogP contribution in [0.1, 0.15) is 5.56 Å². The van der Waals surface area contributed by atoms with E-state index in [2.05, 4.69) is 15.3 Å². The molecule has 0 aliphatic rings. The summed E-state index contributed by atoms with van der Waals surface area (Å²) in [4.78, 5) is 8.29. The maximum Gasteiger partial charge on any atom is 0.229 e. The summed E-state index contributed by atoms with van der Waals surface area (Å²) in [5.41, 5.74) is 6.73. The zero-order chi connectivity index (χ0) is 14.5. The van der Waals surface area contributed by atoms with E-state index >= 15 is 0 Å².